The van der Waals surface area contributed by atoms with Crippen molar-refractivity contribution in [2.24, 2.45) is 7.05 Å². The van der Waals surface area contributed by atoms with Crippen LogP contribution in [0.2, 0.25) is 0 Å². The average Bonchev–Trinajstić information content (AvgIpc) is 2.27. The van der Waals surface area contributed by atoms with Crippen LogP contribution in [-0.2, 0) is 11.8 Å². The molecule has 0 aliphatic carbocycles. The number of hydrogen-bond acceptors (Lipinski definition) is 3. The first kappa shape index (κ1) is 13.0. The van der Waals surface area contributed by atoms with Gasteiger partial charge < -0.3 is 15.2 Å². The summed E-state index contributed by atoms with van der Waals surface area (Å²) in [6.45, 7) is 2.10. The molecule has 92 valence electrons. The summed E-state index contributed by atoms with van der Waals surface area (Å²) in [5, 5.41) is 5.15. The molecule has 0 saturated heterocycles. The van der Waals surface area contributed by atoms with Crippen LogP contribution in [0.15, 0.2) is 23.1 Å². The highest BCUT2D eigenvalue weighted by molar-refractivity contribution is 5.93. The van der Waals surface area contributed by atoms with Gasteiger partial charge >= 0.3 is 0 Å². The van der Waals surface area contributed by atoms with Crippen molar-refractivity contribution in [1.82, 2.24) is 15.2 Å². The van der Waals surface area contributed by atoms with Crippen molar-refractivity contribution in [3.05, 3.63) is 34.2 Å². The van der Waals surface area contributed by atoms with E-state index in [0.29, 0.717) is 18.7 Å². The molecule has 0 spiro atoms. The maximum atomic E-state index is 11.6. The van der Waals surface area contributed by atoms with Crippen molar-refractivity contribution >= 4 is 11.8 Å². The Balaban J connectivity index is 2.50. The van der Waals surface area contributed by atoms with Gasteiger partial charge in [0, 0.05) is 44.9 Å². The minimum absolute atomic E-state index is 0.146. The first-order valence-corrected chi connectivity index (χ1v) is 5.20. The lowest BCUT2D eigenvalue weighted by Gasteiger charge is -2.06. The summed E-state index contributed by atoms with van der Waals surface area (Å²) in [7, 11) is 1.61. The molecule has 6 nitrogen and oxygen atoms in total. The number of pyridine rings is 1. The number of hydrogen-bond donors (Lipinski definition) is 2. The summed E-state index contributed by atoms with van der Waals surface area (Å²) < 4.78 is 1.38. The molecule has 0 aliphatic heterocycles. The summed E-state index contributed by atoms with van der Waals surface area (Å²) in [5.41, 5.74) is 0.0791. The molecular formula is C11H15N3O3. The zero-order chi connectivity index (χ0) is 12.8. The Morgan fingerprint density at radius 1 is 1.29 bits per heavy atom. The molecule has 0 aliphatic rings. The van der Waals surface area contributed by atoms with E-state index in [-0.39, 0.29) is 17.4 Å². The highest BCUT2D eigenvalue weighted by Crippen LogP contribution is 1.93. The van der Waals surface area contributed by atoms with Gasteiger partial charge in [-0.15, -0.1) is 0 Å². The molecule has 1 aromatic rings. The van der Waals surface area contributed by atoms with Gasteiger partial charge in [-0.1, -0.05) is 0 Å². The SMILES string of the molecule is CC(=O)NCCNC(=O)c1ccn(C)c(=O)c1. The normalized spacial score (nSPS) is 9.76. The maximum Gasteiger partial charge on any atom is 0.251 e. The molecule has 1 aromatic heterocycles. The van der Waals surface area contributed by atoms with Crippen molar-refractivity contribution in [1.29, 1.82) is 0 Å². The summed E-state index contributed by atoms with van der Waals surface area (Å²) in [5.74, 6) is -0.471. The average molecular weight is 237 g/mol. The second-order valence-corrected chi connectivity index (χ2v) is 3.60. The first-order chi connectivity index (χ1) is 8.00. The molecule has 0 unspecified atom stereocenters. The van der Waals surface area contributed by atoms with E-state index in [1.165, 1.54) is 23.8 Å². The lowest BCUT2D eigenvalue weighted by Crippen LogP contribution is -2.34. The summed E-state index contributed by atoms with van der Waals surface area (Å²) >= 11 is 0. The monoisotopic (exact) mass is 237 g/mol. The Morgan fingerprint density at radius 2 is 1.94 bits per heavy atom. The zero-order valence-corrected chi connectivity index (χ0v) is 9.82. The van der Waals surface area contributed by atoms with Crippen LogP contribution < -0.4 is 16.2 Å². The van der Waals surface area contributed by atoms with E-state index in [9.17, 15) is 14.4 Å². The van der Waals surface area contributed by atoms with Crippen LogP contribution in [-0.4, -0.2) is 29.5 Å². The van der Waals surface area contributed by atoms with Crippen molar-refractivity contribution in [3.8, 4) is 0 Å². The number of aromatic nitrogens is 1. The Kier molecular flexibility index (Phi) is 4.45. The van der Waals surface area contributed by atoms with Gasteiger partial charge in [-0.25, -0.2) is 0 Å². The Hall–Kier alpha value is -2.11. The molecule has 1 rings (SSSR count). The third kappa shape index (κ3) is 4.10. The number of nitrogens with zero attached hydrogens (tertiary/aromatic N) is 1. The van der Waals surface area contributed by atoms with Gasteiger partial charge in [0.2, 0.25) is 5.91 Å². The van der Waals surface area contributed by atoms with E-state index in [4.69, 9.17) is 0 Å². The van der Waals surface area contributed by atoms with Crippen molar-refractivity contribution in [3.63, 3.8) is 0 Å². The highest BCUT2D eigenvalue weighted by Gasteiger charge is 2.05. The molecule has 1 heterocycles. The first-order valence-electron chi connectivity index (χ1n) is 5.20. The molecule has 17 heavy (non-hydrogen) atoms. The number of amides is 2. The lowest BCUT2D eigenvalue weighted by atomic mass is 10.2. The quantitative estimate of drug-likeness (QED) is 0.676. The number of carbonyl (C=O) groups is 2. The van der Waals surface area contributed by atoms with Gasteiger partial charge in [0.15, 0.2) is 0 Å². The maximum absolute atomic E-state index is 11.6. The van der Waals surface area contributed by atoms with Crippen LogP contribution in [0.5, 0.6) is 0 Å². The number of carbonyl (C=O) groups excluding carboxylic acids is 2. The molecule has 0 fully saturated rings. The molecule has 0 saturated carbocycles. The van der Waals surface area contributed by atoms with Gasteiger partial charge in [0.25, 0.3) is 11.5 Å². The van der Waals surface area contributed by atoms with E-state index >= 15 is 0 Å². The molecule has 2 N–H and O–H groups in total. The fourth-order valence-corrected chi connectivity index (χ4v) is 1.21. The molecule has 0 bridgehead atoms. The predicted molar refractivity (Wildman–Crippen MR) is 62.7 cm³/mol. The third-order valence-electron chi connectivity index (χ3n) is 2.15. The molecule has 6 heteroatoms. The van der Waals surface area contributed by atoms with Crippen molar-refractivity contribution in [2.75, 3.05) is 13.1 Å². The van der Waals surface area contributed by atoms with E-state index in [0.717, 1.165) is 0 Å². The molecule has 0 atom stereocenters. The Bertz CT molecular complexity index is 479. The molecular weight excluding hydrogens is 222 g/mol. The predicted octanol–water partition coefficient (Wildman–Crippen LogP) is -0.749. The second kappa shape index (κ2) is 5.83. The Morgan fingerprint density at radius 3 is 2.53 bits per heavy atom. The molecule has 0 radical (unpaired) electrons. The van der Waals surface area contributed by atoms with Gasteiger partial charge in [0.05, 0.1) is 0 Å². The smallest absolute Gasteiger partial charge is 0.251 e. The topological polar surface area (TPSA) is 80.2 Å². The number of aryl methyl sites for hydroxylation is 1. The van der Waals surface area contributed by atoms with Crippen LogP contribution in [0.4, 0.5) is 0 Å². The summed E-state index contributed by atoms with van der Waals surface area (Å²) in [6, 6.07) is 2.84. The second-order valence-electron chi connectivity index (χ2n) is 3.60. The summed E-state index contributed by atoms with van der Waals surface area (Å²) in [6.07, 6.45) is 1.53. The van der Waals surface area contributed by atoms with E-state index in [1.807, 2.05) is 0 Å². The van der Waals surface area contributed by atoms with Gasteiger partial charge in [0.1, 0.15) is 0 Å². The lowest BCUT2D eigenvalue weighted by molar-refractivity contribution is -0.118. The van der Waals surface area contributed by atoms with E-state index in [1.54, 1.807) is 13.1 Å². The van der Waals surface area contributed by atoms with E-state index in [2.05, 4.69) is 10.6 Å². The minimum atomic E-state index is -0.326. The van der Waals surface area contributed by atoms with Crippen molar-refractivity contribution < 1.29 is 9.59 Å². The van der Waals surface area contributed by atoms with Crippen LogP contribution in [0, 0.1) is 0 Å². The number of rotatable bonds is 4. The number of nitrogens with one attached hydrogen (secondary N) is 2. The van der Waals surface area contributed by atoms with Crippen LogP contribution >= 0.6 is 0 Å². The minimum Gasteiger partial charge on any atom is -0.355 e. The van der Waals surface area contributed by atoms with E-state index < -0.39 is 0 Å². The largest absolute Gasteiger partial charge is 0.355 e. The van der Waals surface area contributed by atoms with Crippen LogP contribution in [0.1, 0.15) is 17.3 Å². The van der Waals surface area contributed by atoms with Gasteiger partial charge in [-0.2, -0.15) is 0 Å². The fourth-order valence-electron chi connectivity index (χ4n) is 1.21. The highest BCUT2D eigenvalue weighted by atomic mass is 16.2. The van der Waals surface area contributed by atoms with Crippen LogP contribution in [0.25, 0.3) is 0 Å². The Labute approximate surface area is 98.6 Å². The third-order valence-corrected chi connectivity index (χ3v) is 2.15. The standard InChI is InChI=1S/C11H15N3O3/c1-8(15)12-4-5-13-11(17)9-3-6-14(2)10(16)7-9/h3,6-7H,4-5H2,1-2H3,(H,12,15)(H,13,17). The summed E-state index contributed by atoms with van der Waals surface area (Å²) in [4.78, 5) is 33.4. The van der Waals surface area contributed by atoms with Crippen molar-refractivity contribution in [2.45, 2.75) is 6.92 Å². The van der Waals surface area contributed by atoms with Crippen LogP contribution in [0.3, 0.4) is 0 Å². The zero-order valence-electron chi connectivity index (χ0n) is 9.82. The molecule has 2 amide bonds. The van der Waals surface area contributed by atoms with Gasteiger partial charge in [-0.3, -0.25) is 14.4 Å². The van der Waals surface area contributed by atoms with Gasteiger partial charge in [-0.05, 0) is 6.07 Å². The molecule has 0 aromatic carbocycles. The fraction of sp³-hybridized carbons (Fsp3) is 0.364.